The molecule has 0 spiro atoms. The highest BCUT2D eigenvalue weighted by Crippen LogP contribution is 2.43. The van der Waals surface area contributed by atoms with Crippen molar-refractivity contribution in [2.45, 2.75) is 83.8 Å². The van der Waals surface area contributed by atoms with E-state index in [1.165, 1.54) is 25.7 Å². The van der Waals surface area contributed by atoms with Crippen molar-refractivity contribution >= 4 is 17.8 Å². The highest BCUT2D eigenvalue weighted by molar-refractivity contribution is 7.89. The van der Waals surface area contributed by atoms with E-state index in [1.54, 1.807) is 0 Å². The van der Waals surface area contributed by atoms with Crippen molar-refractivity contribution in [3.05, 3.63) is 71.8 Å². The minimum atomic E-state index is -4.38. The Labute approximate surface area is 235 Å². The van der Waals surface area contributed by atoms with Crippen LogP contribution in [-0.2, 0) is 41.4 Å². The van der Waals surface area contributed by atoms with Gasteiger partial charge in [0.2, 0.25) is 10.0 Å². The van der Waals surface area contributed by atoms with E-state index in [0.29, 0.717) is 25.9 Å². The lowest BCUT2D eigenvalue weighted by molar-refractivity contribution is 0.0668. The van der Waals surface area contributed by atoms with Crippen molar-refractivity contribution in [1.82, 2.24) is 4.72 Å². The Morgan fingerprint density at radius 1 is 0.821 bits per heavy atom. The Hall–Kier alpha value is -1.58. The van der Waals surface area contributed by atoms with Gasteiger partial charge >= 0.3 is 7.82 Å². The minimum Gasteiger partial charge on any atom is -0.374 e. The molecule has 2 aromatic rings. The summed E-state index contributed by atoms with van der Waals surface area (Å²) in [6, 6.07) is 18.6. The molecule has 0 fully saturated rings. The van der Waals surface area contributed by atoms with Gasteiger partial charge in [0.05, 0.1) is 32.2 Å². The van der Waals surface area contributed by atoms with Crippen LogP contribution in [0.25, 0.3) is 0 Å². The van der Waals surface area contributed by atoms with Gasteiger partial charge in [-0.25, -0.2) is 17.7 Å². The van der Waals surface area contributed by atoms with Crippen LogP contribution in [0.3, 0.4) is 0 Å². The van der Waals surface area contributed by atoms with E-state index in [-0.39, 0.29) is 25.6 Å². The highest BCUT2D eigenvalue weighted by atomic mass is 32.2. The largest absolute Gasteiger partial charge is 0.472 e. The number of unbranched alkanes of at least 4 members (excludes halogenated alkanes) is 7. The Morgan fingerprint density at radius 3 is 2.05 bits per heavy atom. The third-order valence-electron chi connectivity index (χ3n) is 6.27. The third-order valence-corrected chi connectivity index (χ3v) is 8.77. The summed E-state index contributed by atoms with van der Waals surface area (Å²) in [5.74, 6) is 0.0236. The molecule has 8 nitrogen and oxygen atoms in total. The maximum atomic E-state index is 12.8. The summed E-state index contributed by atoms with van der Waals surface area (Å²) in [6.07, 6.45) is 9.51. The molecule has 2 atom stereocenters. The molecule has 0 aliphatic rings. The van der Waals surface area contributed by atoms with Gasteiger partial charge in [-0.1, -0.05) is 113 Å². The molecule has 0 aliphatic heterocycles. The average Bonchev–Trinajstić information content (AvgIpc) is 2.92. The number of ether oxygens (including phenoxy) is 1. The molecule has 2 N–H and O–H groups in total. The van der Waals surface area contributed by atoms with Crippen LogP contribution in [0, 0.1) is 0 Å². The van der Waals surface area contributed by atoms with Crippen molar-refractivity contribution in [3.8, 4) is 0 Å². The van der Waals surface area contributed by atoms with Crippen LogP contribution in [0.1, 0.15) is 75.8 Å². The van der Waals surface area contributed by atoms with Crippen LogP contribution < -0.4 is 4.72 Å². The molecule has 0 aliphatic carbocycles. The summed E-state index contributed by atoms with van der Waals surface area (Å²) in [7, 11) is -7.94. The molecule has 2 unspecified atom stereocenters. The van der Waals surface area contributed by atoms with Gasteiger partial charge in [-0.05, 0) is 30.4 Å². The second-order valence-corrected chi connectivity index (χ2v) is 13.1. The first-order chi connectivity index (χ1) is 18.8. The quantitative estimate of drug-likeness (QED) is 0.115. The zero-order valence-electron chi connectivity index (χ0n) is 23.2. The van der Waals surface area contributed by atoms with E-state index >= 15 is 0 Å². The predicted molar refractivity (Wildman–Crippen MR) is 156 cm³/mol. The summed E-state index contributed by atoms with van der Waals surface area (Å²) < 4.78 is 56.3. The van der Waals surface area contributed by atoms with Gasteiger partial charge in [0.1, 0.15) is 0 Å². The number of phosphoric acid groups is 1. The summed E-state index contributed by atoms with van der Waals surface area (Å²) >= 11 is 0. The van der Waals surface area contributed by atoms with Crippen molar-refractivity contribution in [2.24, 2.45) is 0 Å². The Morgan fingerprint density at radius 2 is 1.41 bits per heavy atom. The lowest BCUT2D eigenvalue weighted by Gasteiger charge is -2.20. The van der Waals surface area contributed by atoms with Gasteiger partial charge in [0.15, 0.2) is 0 Å². The first kappa shape index (κ1) is 33.6. The van der Waals surface area contributed by atoms with Crippen LogP contribution in [-0.4, -0.2) is 44.9 Å². The fourth-order valence-corrected chi connectivity index (χ4v) is 6.24. The molecular formula is C29H46NO7PS. The second kappa shape index (κ2) is 19.5. The van der Waals surface area contributed by atoms with Crippen molar-refractivity contribution in [2.75, 3.05) is 25.6 Å². The SMILES string of the molecule is CCCCCCCCCCS(=O)(=O)NC(CCc1ccccc1)COP(=O)(O)OCCOCc1ccccc1. The smallest absolute Gasteiger partial charge is 0.374 e. The first-order valence-corrected chi connectivity index (χ1v) is 17.2. The molecule has 0 amide bonds. The molecule has 0 bridgehead atoms. The number of phosphoric ester groups is 1. The van der Waals surface area contributed by atoms with E-state index < -0.39 is 23.9 Å². The fourth-order valence-electron chi connectivity index (χ4n) is 4.10. The number of hydrogen-bond acceptors (Lipinski definition) is 6. The van der Waals surface area contributed by atoms with Gasteiger partial charge < -0.3 is 9.63 Å². The molecule has 0 aromatic heterocycles. The molecule has 0 radical (unpaired) electrons. The van der Waals surface area contributed by atoms with Crippen LogP contribution in [0.4, 0.5) is 0 Å². The molecular weight excluding hydrogens is 537 g/mol. The van der Waals surface area contributed by atoms with Gasteiger partial charge in [0, 0.05) is 6.04 Å². The zero-order valence-corrected chi connectivity index (χ0v) is 24.9. The maximum absolute atomic E-state index is 12.8. The Kier molecular flexibility index (Phi) is 16.8. The second-order valence-electron chi connectivity index (χ2n) is 9.77. The number of hydrogen-bond donors (Lipinski definition) is 2. The van der Waals surface area contributed by atoms with Gasteiger partial charge in [-0.15, -0.1) is 0 Å². The van der Waals surface area contributed by atoms with Crippen LogP contribution in [0.15, 0.2) is 60.7 Å². The molecule has 2 rings (SSSR count). The summed E-state index contributed by atoms with van der Waals surface area (Å²) in [4.78, 5) is 10.1. The molecule has 0 saturated heterocycles. The fraction of sp³-hybridized carbons (Fsp3) is 0.586. The molecule has 39 heavy (non-hydrogen) atoms. The summed E-state index contributed by atoms with van der Waals surface area (Å²) in [5.41, 5.74) is 2.03. The molecule has 220 valence electrons. The topological polar surface area (TPSA) is 111 Å². The van der Waals surface area contributed by atoms with E-state index in [9.17, 15) is 17.9 Å². The first-order valence-electron chi connectivity index (χ1n) is 14.1. The standard InChI is InChI=1S/C29H46NO7PS/c1-2-3-4-5-6-7-8-15-24-39(33,34)30-29(21-20-27-16-11-9-12-17-27)26-37-38(31,32)36-23-22-35-25-28-18-13-10-14-19-28/h9-14,16-19,29-30H,2-8,15,20-26H2,1H3,(H,31,32). The van der Waals surface area contributed by atoms with Crippen LogP contribution >= 0.6 is 7.82 Å². The average molecular weight is 584 g/mol. The molecule has 10 heteroatoms. The normalized spacial score (nSPS) is 14.2. The Bertz CT molecular complexity index is 1040. The lowest BCUT2D eigenvalue weighted by atomic mass is 10.1. The van der Waals surface area contributed by atoms with Crippen molar-refractivity contribution in [3.63, 3.8) is 0 Å². The Balaban J connectivity index is 1.78. The monoisotopic (exact) mass is 583 g/mol. The number of sulfonamides is 1. The molecule has 0 heterocycles. The van der Waals surface area contributed by atoms with Crippen molar-refractivity contribution < 1.29 is 31.7 Å². The van der Waals surface area contributed by atoms with Crippen LogP contribution in [0.2, 0.25) is 0 Å². The van der Waals surface area contributed by atoms with E-state index in [0.717, 1.165) is 30.4 Å². The van der Waals surface area contributed by atoms with E-state index in [1.807, 2.05) is 60.7 Å². The van der Waals surface area contributed by atoms with Gasteiger partial charge in [-0.3, -0.25) is 9.05 Å². The number of nitrogens with one attached hydrogen (secondary N) is 1. The number of rotatable bonds is 23. The summed E-state index contributed by atoms with van der Waals surface area (Å²) in [5, 5.41) is 0. The van der Waals surface area contributed by atoms with Gasteiger partial charge in [0.25, 0.3) is 0 Å². The maximum Gasteiger partial charge on any atom is 0.472 e. The van der Waals surface area contributed by atoms with E-state index in [2.05, 4.69) is 11.6 Å². The number of aryl methyl sites for hydroxylation is 1. The lowest BCUT2D eigenvalue weighted by Crippen LogP contribution is -2.39. The number of benzene rings is 2. The highest BCUT2D eigenvalue weighted by Gasteiger charge is 2.25. The minimum absolute atomic E-state index is 0.0236. The molecule has 2 aromatic carbocycles. The molecule has 0 saturated carbocycles. The van der Waals surface area contributed by atoms with Crippen LogP contribution in [0.5, 0.6) is 0 Å². The summed E-state index contributed by atoms with van der Waals surface area (Å²) in [6.45, 7) is 2.27. The van der Waals surface area contributed by atoms with Gasteiger partial charge in [-0.2, -0.15) is 0 Å². The van der Waals surface area contributed by atoms with E-state index in [4.69, 9.17) is 13.8 Å². The third kappa shape index (κ3) is 17.0. The zero-order chi connectivity index (χ0) is 28.2. The van der Waals surface area contributed by atoms with Crippen molar-refractivity contribution in [1.29, 1.82) is 0 Å². The predicted octanol–water partition coefficient (Wildman–Crippen LogP) is 6.40.